The Balaban J connectivity index is 0.000000360. The molecule has 0 aromatic carbocycles. The Morgan fingerprint density at radius 2 is 1.43 bits per heavy atom. The van der Waals surface area contributed by atoms with Crippen molar-refractivity contribution >= 4 is 0 Å². The van der Waals surface area contributed by atoms with Gasteiger partial charge in [-0.1, -0.05) is 6.07 Å². The molecule has 0 aliphatic heterocycles. The largest absolute Gasteiger partial charge is 4.00 e. The van der Waals surface area contributed by atoms with Gasteiger partial charge in [-0.15, -0.1) is 0 Å². The zero-order valence-corrected chi connectivity index (χ0v) is 5.57. The monoisotopic (exact) mass is 176 g/mol. The summed E-state index contributed by atoms with van der Waals surface area (Å²) in [6, 6.07) is 5.72. The molecule has 1 aromatic rings. The molecule has 1 nitrogen and oxygen atoms in total. The first-order valence-electron chi connectivity index (χ1n) is 1.85. The second-order valence-electron chi connectivity index (χ2n) is 1.02. The van der Waals surface area contributed by atoms with Crippen LogP contribution < -0.4 is 0 Å². The van der Waals surface area contributed by atoms with E-state index in [2.05, 4.69) is 4.98 Å². The molecule has 0 aliphatic rings. The zero-order valence-electron chi connectivity index (χ0n) is 3.71. The van der Waals surface area contributed by atoms with E-state index in [1.165, 1.54) is 0 Å². The maximum atomic E-state index is 3.78. The number of hydrogen-bond donors (Lipinski definition) is 0. The van der Waals surface area contributed by atoms with Gasteiger partial charge in [0.25, 0.3) is 0 Å². The quantitative estimate of drug-likeness (QED) is 0.577. The summed E-state index contributed by atoms with van der Waals surface area (Å²) < 4.78 is 0. The summed E-state index contributed by atoms with van der Waals surface area (Å²) in [7, 11) is 0. The van der Waals surface area contributed by atoms with E-state index < -0.39 is 0 Å². The third-order valence-electron chi connectivity index (χ3n) is 0.566. The molecule has 0 amide bonds. The van der Waals surface area contributed by atoms with Crippen molar-refractivity contribution < 1.29 is 20.1 Å². The van der Waals surface area contributed by atoms with Crippen LogP contribution in [0.2, 0.25) is 0 Å². The van der Waals surface area contributed by atoms with Crippen LogP contribution in [0.3, 0.4) is 0 Å². The van der Waals surface area contributed by atoms with E-state index in [0.717, 1.165) is 0 Å². The van der Waals surface area contributed by atoms with Crippen LogP contribution in [0.4, 0.5) is 0 Å². The fraction of sp³-hybridized carbons (Fsp3) is 0. The van der Waals surface area contributed by atoms with Crippen molar-refractivity contribution in [3.05, 3.63) is 30.6 Å². The summed E-state index contributed by atoms with van der Waals surface area (Å²) in [5.41, 5.74) is 0. The minimum Gasteiger partial charge on any atom is -0.265 e. The molecule has 7 heavy (non-hydrogen) atoms. The SMILES string of the molecule is [Tc+4].c1ccncc1. The predicted molar refractivity (Wildman–Crippen MR) is 24.2 cm³/mol. The Morgan fingerprint density at radius 1 is 0.857 bits per heavy atom. The number of pyridine rings is 1. The van der Waals surface area contributed by atoms with Crippen LogP contribution in [0, 0.1) is 0 Å². The van der Waals surface area contributed by atoms with E-state index in [-0.39, 0.29) is 20.1 Å². The second-order valence-corrected chi connectivity index (χ2v) is 1.02. The molecule has 1 heterocycles. The van der Waals surface area contributed by atoms with E-state index in [9.17, 15) is 0 Å². The van der Waals surface area contributed by atoms with Gasteiger partial charge in [-0.05, 0) is 12.1 Å². The van der Waals surface area contributed by atoms with E-state index in [1.807, 2.05) is 18.2 Å². The van der Waals surface area contributed by atoms with Gasteiger partial charge in [-0.3, -0.25) is 4.98 Å². The molecule has 1 rings (SSSR count). The standard InChI is InChI=1S/C5H5N.Tc/c1-2-4-6-5-3-1;/h1-5H;/q;+4. The van der Waals surface area contributed by atoms with Gasteiger partial charge in [0.1, 0.15) is 0 Å². The van der Waals surface area contributed by atoms with Crippen molar-refractivity contribution in [1.29, 1.82) is 0 Å². The van der Waals surface area contributed by atoms with Gasteiger partial charge in [-0.2, -0.15) is 0 Å². The molecule has 2 heteroatoms. The summed E-state index contributed by atoms with van der Waals surface area (Å²) in [5.74, 6) is 0. The Labute approximate surface area is 56.1 Å². The van der Waals surface area contributed by atoms with Crippen LogP contribution in [-0.4, -0.2) is 4.98 Å². The maximum Gasteiger partial charge on any atom is 4.00 e. The maximum absolute atomic E-state index is 3.78. The third kappa shape index (κ3) is 2.49. The summed E-state index contributed by atoms with van der Waals surface area (Å²) in [5, 5.41) is 0. The molecule has 1 aromatic heterocycles. The fourth-order valence-corrected chi connectivity index (χ4v) is 0.313. The van der Waals surface area contributed by atoms with E-state index >= 15 is 0 Å². The molecular formula is C5H5NTc+4. The number of nitrogens with zero attached hydrogens (tertiary/aromatic N) is 1. The van der Waals surface area contributed by atoms with Crippen LogP contribution in [0.25, 0.3) is 0 Å². The molecule has 0 saturated heterocycles. The van der Waals surface area contributed by atoms with Gasteiger partial charge in [-0.25, -0.2) is 0 Å². The van der Waals surface area contributed by atoms with Crippen molar-refractivity contribution in [2.24, 2.45) is 0 Å². The minimum absolute atomic E-state index is 0. The van der Waals surface area contributed by atoms with Gasteiger partial charge in [0, 0.05) is 12.4 Å². The Bertz CT molecular complexity index is 80.0. The zero-order chi connectivity index (χ0) is 4.24. The van der Waals surface area contributed by atoms with Crippen LogP contribution in [-0.2, 0) is 20.1 Å². The molecule has 0 N–H and O–H groups in total. The first-order chi connectivity index (χ1) is 3.00. The van der Waals surface area contributed by atoms with Crippen LogP contribution in [0.5, 0.6) is 0 Å². The van der Waals surface area contributed by atoms with Gasteiger partial charge in [0.15, 0.2) is 0 Å². The second kappa shape index (κ2) is 3.97. The molecule has 0 unspecified atom stereocenters. The average molecular weight is 177 g/mol. The summed E-state index contributed by atoms with van der Waals surface area (Å²) in [6.07, 6.45) is 3.50. The topological polar surface area (TPSA) is 12.9 Å². The molecular weight excluding hydrogens is 172 g/mol. The molecule has 0 spiro atoms. The normalized spacial score (nSPS) is 6.86. The Kier molecular flexibility index (Phi) is 3.86. The molecule has 0 bridgehead atoms. The van der Waals surface area contributed by atoms with Crippen molar-refractivity contribution in [3.8, 4) is 0 Å². The van der Waals surface area contributed by atoms with Crippen molar-refractivity contribution in [3.63, 3.8) is 0 Å². The Hall–Kier alpha value is -0.201. The molecule has 1 radical (unpaired) electrons. The van der Waals surface area contributed by atoms with Crippen molar-refractivity contribution in [2.75, 3.05) is 0 Å². The number of rotatable bonds is 0. The van der Waals surface area contributed by atoms with Crippen LogP contribution in [0.15, 0.2) is 30.6 Å². The third-order valence-corrected chi connectivity index (χ3v) is 0.566. The van der Waals surface area contributed by atoms with E-state index in [1.54, 1.807) is 12.4 Å². The van der Waals surface area contributed by atoms with Gasteiger partial charge in [0.2, 0.25) is 0 Å². The van der Waals surface area contributed by atoms with E-state index in [4.69, 9.17) is 0 Å². The summed E-state index contributed by atoms with van der Waals surface area (Å²) >= 11 is 0. The molecule has 0 atom stereocenters. The van der Waals surface area contributed by atoms with Crippen molar-refractivity contribution in [2.45, 2.75) is 0 Å². The molecule has 0 fully saturated rings. The van der Waals surface area contributed by atoms with Gasteiger partial charge < -0.3 is 0 Å². The summed E-state index contributed by atoms with van der Waals surface area (Å²) in [6.45, 7) is 0. The first-order valence-corrected chi connectivity index (χ1v) is 1.85. The number of aromatic nitrogens is 1. The average Bonchev–Trinajstić information content (AvgIpc) is 1.72. The van der Waals surface area contributed by atoms with Crippen LogP contribution >= 0.6 is 0 Å². The fourth-order valence-electron chi connectivity index (χ4n) is 0.313. The van der Waals surface area contributed by atoms with Crippen molar-refractivity contribution in [1.82, 2.24) is 4.98 Å². The van der Waals surface area contributed by atoms with Gasteiger partial charge >= 0.3 is 20.1 Å². The molecule has 0 aliphatic carbocycles. The first kappa shape index (κ1) is 6.80. The Morgan fingerprint density at radius 3 is 1.57 bits per heavy atom. The predicted octanol–water partition coefficient (Wildman–Crippen LogP) is 1.08. The molecule has 0 saturated carbocycles. The van der Waals surface area contributed by atoms with Gasteiger partial charge in [0.05, 0.1) is 0 Å². The van der Waals surface area contributed by atoms with E-state index in [0.29, 0.717) is 0 Å². The smallest absolute Gasteiger partial charge is 0.265 e. The minimum atomic E-state index is 0. The van der Waals surface area contributed by atoms with Crippen LogP contribution in [0.1, 0.15) is 0 Å². The summed E-state index contributed by atoms with van der Waals surface area (Å²) in [4.78, 5) is 3.78. The number of hydrogen-bond acceptors (Lipinski definition) is 1. The molecule has 33 valence electrons.